The van der Waals surface area contributed by atoms with Crippen LogP contribution >= 0.6 is 15.9 Å². The van der Waals surface area contributed by atoms with Crippen molar-refractivity contribution >= 4 is 43.5 Å². The normalized spacial score (nSPS) is 12.8. The third-order valence-electron chi connectivity index (χ3n) is 6.59. The van der Waals surface area contributed by atoms with E-state index in [9.17, 15) is 18.0 Å². The van der Waals surface area contributed by atoms with Crippen LogP contribution < -0.4 is 9.62 Å². The van der Waals surface area contributed by atoms with E-state index >= 15 is 0 Å². The summed E-state index contributed by atoms with van der Waals surface area (Å²) in [4.78, 5) is 28.9. The maximum Gasteiger partial charge on any atom is 0.264 e. The van der Waals surface area contributed by atoms with Gasteiger partial charge in [0.25, 0.3) is 10.0 Å². The van der Waals surface area contributed by atoms with Gasteiger partial charge >= 0.3 is 0 Å². The predicted octanol–water partition coefficient (Wildman–Crippen LogP) is 5.67. The van der Waals surface area contributed by atoms with Gasteiger partial charge in [-0.3, -0.25) is 13.9 Å². The largest absolute Gasteiger partial charge is 0.352 e. The Morgan fingerprint density at radius 2 is 1.51 bits per heavy atom. The minimum absolute atomic E-state index is 0.0550. The van der Waals surface area contributed by atoms with Gasteiger partial charge in [0.05, 0.1) is 10.6 Å². The lowest BCUT2D eigenvalue weighted by atomic mass is 10.1. The lowest BCUT2D eigenvalue weighted by Gasteiger charge is -2.33. The van der Waals surface area contributed by atoms with Crippen LogP contribution in [0.4, 0.5) is 5.69 Å². The Labute approximate surface area is 240 Å². The van der Waals surface area contributed by atoms with Crippen molar-refractivity contribution in [2.24, 2.45) is 0 Å². The van der Waals surface area contributed by atoms with Crippen molar-refractivity contribution < 1.29 is 18.0 Å². The SMILES string of the molecule is CC[C@@H](C)NC(=O)[C@H](CC)N(Cc1ccc(C)cc1)C(=O)CN(c1ccc(Br)cc1)S(=O)(=O)c1ccccc1. The van der Waals surface area contributed by atoms with E-state index in [1.165, 1.54) is 17.0 Å². The van der Waals surface area contributed by atoms with Gasteiger partial charge in [-0.2, -0.15) is 0 Å². The molecular formula is C30H36BrN3O4S. The zero-order valence-corrected chi connectivity index (χ0v) is 25.2. The second kappa shape index (κ2) is 13.8. The van der Waals surface area contributed by atoms with Crippen LogP contribution in [0.1, 0.15) is 44.7 Å². The molecule has 7 nitrogen and oxygen atoms in total. The molecule has 0 fully saturated rings. The molecule has 0 heterocycles. The smallest absolute Gasteiger partial charge is 0.264 e. The summed E-state index contributed by atoms with van der Waals surface area (Å²) in [6, 6.07) is 21.7. The van der Waals surface area contributed by atoms with Gasteiger partial charge in [-0.1, -0.05) is 77.8 Å². The lowest BCUT2D eigenvalue weighted by Crippen LogP contribution is -2.53. The maximum absolute atomic E-state index is 14.0. The molecule has 0 unspecified atom stereocenters. The number of hydrogen-bond acceptors (Lipinski definition) is 4. The number of amides is 2. The number of aryl methyl sites for hydroxylation is 1. The highest BCUT2D eigenvalue weighted by molar-refractivity contribution is 9.10. The van der Waals surface area contributed by atoms with Crippen LogP contribution in [0.2, 0.25) is 0 Å². The van der Waals surface area contributed by atoms with Crippen molar-refractivity contribution in [2.75, 3.05) is 10.8 Å². The van der Waals surface area contributed by atoms with Gasteiger partial charge < -0.3 is 10.2 Å². The summed E-state index contributed by atoms with van der Waals surface area (Å²) >= 11 is 3.39. The highest BCUT2D eigenvalue weighted by Gasteiger charge is 2.33. The zero-order valence-electron chi connectivity index (χ0n) is 22.8. The Kier molecular flexibility index (Phi) is 10.7. The van der Waals surface area contributed by atoms with Gasteiger partial charge in [-0.15, -0.1) is 0 Å². The molecule has 3 aromatic rings. The Morgan fingerprint density at radius 3 is 2.08 bits per heavy atom. The van der Waals surface area contributed by atoms with E-state index < -0.39 is 28.5 Å². The number of carbonyl (C=O) groups excluding carboxylic acids is 2. The van der Waals surface area contributed by atoms with Gasteiger partial charge in [0, 0.05) is 17.1 Å². The number of benzene rings is 3. The van der Waals surface area contributed by atoms with Crippen molar-refractivity contribution in [2.45, 2.75) is 64.1 Å². The standard InChI is InChI=1S/C30H36BrN3O4S/c1-5-23(4)32-30(36)28(6-2)33(20-24-14-12-22(3)13-15-24)29(35)21-34(26-18-16-25(31)17-19-26)39(37,38)27-10-8-7-9-11-27/h7-19,23,28H,5-6,20-21H2,1-4H3,(H,32,36)/t23-,28+/m1/s1. The predicted molar refractivity (Wildman–Crippen MR) is 159 cm³/mol. The first kappa shape index (κ1) is 30.4. The molecule has 39 heavy (non-hydrogen) atoms. The minimum Gasteiger partial charge on any atom is -0.352 e. The fourth-order valence-corrected chi connectivity index (χ4v) is 5.81. The van der Waals surface area contributed by atoms with Gasteiger partial charge in [0.1, 0.15) is 12.6 Å². The van der Waals surface area contributed by atoms with E-state index in [0.717, 1.165) is 26.3 Å². The van der Waals surface area contributed by atoms with Crippen molar-refractivity contribution in [3.05, 3.63) is 94.5 Å². The first-order chi connectivity index (χ1) is 18.6. The molecule has 0 saturated carbocycles. The van der Waals surface area contributed by atoms with Crippen LogP contribution in [0.3, 0.4) is 0 Å². The van der Waals surface area contributed by atoms with Crippen LogP contribution in [0.15, 0.2) is 88.2 Å². The summed E-state index contributed by atoms with van der Waals surface area (Å²) in [5.41, 5.74) is 2.28. The molecule has 2 amide bonds. The average molecular weight is 615 g/mol. The molecule has 9 heteroatoms. The molecule has 208 valence electrons. The maximum atomic E-state index is 14.0. The van der Waals surface area contributed by atoms with Gasteiger partial charge in [0.15, 0.2) is 0 Å². The molecule has 0 aromatic heterocycles. The summed E-state index contributed by atoms with van der Waals surface area (Å²) in [7, 11) is -4.08. The second-order valence-corrected chi connectivity index (χ2v) is 12.3. The van der Waals surface area contributed by atoms with E-state index in [2.05, 4.69) is 21.2 Å². The Morgan fingerprint density at radius 1 is 0.897 bits per heavy atom. The molecule has 0 aliphatic heterocycles. The number of sulfonamides is 1. The Hall–Kier alpha value is -3.17. The van der Waals surface area contributed by atoms with E-state index in [1.54, 1.807) is 42.5 Å². The van der Waals surface area contributed by atoms with Crippen molar-refractivity contribution in [3.8, 4) is 0 Å². The number of carbonyl (C=O) groups is 2. The molecule has 0 radical (unpaired) electrons. The number of nitrogens with one attached hydrogen (secondary N) is 1. The van der Waals surface area contributed by atoms with Crippen LogP contribution in [0, 0.1) is 6.92 Å². The van der Waals surface area contributed by atoms with Crippen LogP contribution in [-0.4, -0.2) is 43.8 Å². The summed E-state index contributed by atoms with van der Waals surface area (Å²) in [5, 5.41) is 2.99. The van der Waals surface area contributed by atoms with Gasteiger partial charge in [-0.05, 0) is 68.7 Å². The highest BCUT2D eigenvalue weighted by atomic mass is 79.9. The average Bonchev–Trinajstić information content (AvgIpc) is 2.93. The molecule has 0 aliphatic carbocycles. The molecule has 0 aliphatic rings. The Balaban J connectivity index is 2.03. The van der Waals surface area contributed by atoms with Gasteiger partial charge in [0.2, 0.25) is 11.8 Å². The van der Waals surface area contributed by atoms with Crippen molar-refractivity contribution in [1.82, 2.24) is 10.2 Å². The molecule has 3 aromatic carbocycles. The minimum atomic E-state index is -4.08. The molecule has 0 bridgehead atoms. The third kappa shape index (κ3) is 7.92. The number of rotatable bonds is 12. The van der Waals surface area contributed by atoms with Crippen molar-refractivity contribution in [3.63, 3.8) is 0 Å². The summed E-state index contributed by atoms with van der Waals surface area (Å²) < 4.78 is 29.5. The molecule has 2 atom stereocenters. The van der Waals surface area contributed by atoms with Crippen molar-refractivity contribution in [1.29, 1.82) is 0 Å². The van der Waals surface area contributed by atoms with E-state index in [0.29, 0.717) is 12.1 Å². The second-order valence-electron chi connectivity index (χ2n) is 9.55. The van der Waals surface area contributed by atoms with Crippen LogP contribution in [0.25, 0.3) is 0 Å². The molecule has 0 saturated heterocycles. The molecular weight excluding hydrogens is 578 g/mol. The van der Waals surface area contributed by atoms with E-state index in [1.807, 2.05) is 52.0 Å². The fraction of sp³-hybridized carbons (Fsp3) is 0.333. The van der Waals surface area contributed by atoms with E-state index in [4.69, 9.17) is 0 Å². The zero-order chi connectivity index (χ0) is 28.6. The first-order valence-corrected chi connectivity index (χ1v) is 15.3. The number of hydrogen-bond donors (Lipinski definition) is 1. The molecule has 1 N–H and O–H groups in total. The fourth-order valence-electron chi connectivity index (χ4n) is 4.11. The highest BCUT2D eigenvalue weighted by Crippen LogP contribution is 2.26. The van der Waals surface area contributed by atoms with Crippen LogP contribution in [-0.2, 0) is 26.2 Å². The lowest BCUT2D eigenvalue weighted by molar-refractivity contribution is -0.140. The van der Waals surface area contributed by atoms with E-state index in [-0.39, 0.29) is 23.4 Å². The monoisotopic (exact) mass is 613 g/mol. The number of anilines is 1. The topological polar surface area (TPSA) is 86.8 Å². The number of nitrogens with zero attached hydrogens (tertiary/aromatic N) is 2. The number of halogens is 1. The van der Waals surface area contributed by atoms with Gasteiger partial charge in [-0.25, -0.2) is 8.42 Å². The summed E-state index contributed by atoms with van der Waals surface area (Å²) in [6.45, 7) is 7.43. The molecule has 0 spiro atoms. The van der Waals surface area contributed by atoms with Crippen LogP contribution in [0.5, 0.6) is 0 Å². The molecule has 3 rings (SSSR count). The Bertz CT molecular complexity index is 1350. The third-order valence-corrected chi connectivity index (χ3v) is 8.90. The summed E-state index contributed by atoms with van der Waals surface area (Å²) in [6.07, 6.45) is 1.13. The summed E-state index contributed by atoms with van der Waals surface area (Å²) in [5.74, 6) is -0.724. The quantitative estimate of drug-likeness (QED) is 0.285. The first-order valence-electron chi connectivity index (χ1n) is 13.1.